The van der Waals surface area contributed by atoms with Crippen molar-refractivity contribution in [2.45, 2.75) is 13.5 Å². The summed E-state index contributed by atoms with van der Waals surface area (Å²) in [5.41, 5.74) is 3.70. The van der Waals surface area contributed by atoms with E-state index in [4.69, 9.17) is 0 Å². The molecule has 0 radical (unpaired) electrons. The summed E-state index contributed by atoms with van der Waals surface area (Å²) < 4.78 is 0. The topological polar surface area (TPSA) is 57.8 Å². The number of hydrogen-bond donors (Lipinski definition) is 2. The summed E-state index contributed by atoms with van der Waals surface area (Å²) in [4.78, 5) is 19.3. The normalized spacial score (nSPS) is 10.7. The lowest BCUT2D eigenvalue weighted by atomic mass is 10.1. The number of fused-ring (bicyclic) bond motifs is 1. The molecule has 20 heavy (non-hydrogen) atoms. The molecule has 4 heteroatoms. The average Bonchev–Trinajstić information content (AvgIpc) is 2.91. The predicted octanol–water partition coefficient (Wildman–Crippen LogP) is 2.80. The van der Waals surface area contributed by atoms with Crippen LogP contribution in [0.15, 0.2) is 48.8 Å². The minimum absolute atomic E-state index is 0.107. The van der Waals surface area contributed by atoms with Gasteiger partial charge in [0, 0.05) is 29.8 Å². The van der Waals surface area contributed by atoms with Crippen LogP contribution in [0, 0.1) is 6.92 Å². The van der Waals surface area contributed by atoms with E-state index >= 15 is 0 Å². The third-order valence-corrected chi connectivity index (χ3v) is 3.30. The smallest absolute Gasteiger partial charge is 0.267 e. The second-order valence-electron chi connectivity index (χ2n) is 4.76. The van der Waals surface area contributed by atoms with Crippen LogP contribution >= 0.6 is 0 Å². The number of pyridine rings is 1. The molecule has 0 atom stereocenters. The summed E-state index contributed by atoms with van der Waals surface area (Å²) in [6.45, 7) is 2.51. The zero-order chi connectivity index (χ0) is 13.9. The van der Waals surface area contributed by atoms with Crippen LogP contribution in [0.5, 0.6) is 0 Å². The van der Waals surface area contributed by atoms with Crippen LogP contribution in [-0.4, -0.2) is 15.9 Å². The van der Waals surface area contributed by atoms with E-state index in [-0.39, 0.29) is 5.91 Å². The quantitative estimate of drug-likeness (QED) is 0.765. The Bertz CT molecular complexity index is 747. The van der Waals surface area contributed by atoms with Gasteiger partial charge < -0.3 is 10.3 Å². The zero-order valence-corrected chi connectivity index (χ0v) is 11.2. The van der Waals surface area contributed by atoms with Crippen molar-refractivity contribution in [1.82, 2.24) is 15.3 Å². The van der Waals surface area contributed by atoms with Gasteiger partial charge in [-0.3, -0.25) is 9.78 Å². The van der Waals surface area contributed by atoms with E-state index in [0.29, 0.717) is 12.2 Å². The highest BCUT2D eigenvalue weighted by molar-refractivity contribution is 5.98. The highest BCUT2D eigenvalue weighted by Gasteiger charge is 2.10. The molecule has 2 N–H and O–H groups in total. The van der Waals surface area contributed by atoms with E-state index < -0.39 is 0 Å². The maximum absolute atomic E-state index is 12.1. The average molecular weight is 265 g/mol. The van der Waals surface area contributed by atoms with Crippen LogP contribution in [0.4, 0.5) is 0 Å². The van der Waals surface area contributed by atoms with Crippen LogP contribution < -0.4 is 5.32 Å². The second kappa shape index (κ2) is 5.17. The van der Waals surface area contributed by atoms with Crippen molar-refractivity contribution >= 4 is 16.8 Å². The Morgan fingerprint density at radius 2 is 2.20 bits per heavy atom. The lowest BCUT2D eigenvalue weighted by molar-refractivity contribution is 0.0946. The van der Waals surface area contributed by atoms with Gasteiger partial charge in [0.15, 0.2) is 0 Å². The standard InChI is InChI=1S/C16H15N3O/c1-11-4-2-6-14-13(11)8-15(19-14)16(20)18-10-12-5-3-7-17-9-12/h2-9,19H,10H2,1H3,(H,18,20). The van der Waals surface area contributed by atoms with E-state index in [0.717, 1.165) is 22.0 Å². The third-order valence-electron chi connectivity index (χ3n) is 3.30. The molecule has 0 unspecified atom stereocenters. The van der Waals surface area contributed by atoms with Crippen LogP contribution in [0.1, 0.15) is 21.6 Å². The van der Waals surface area contributed by atoms with Crippen molar-refractivity contribution in [3.8, 4) is 0 Å². The molecule has 100 valence electrons. The van der Waals surface area contributed by atoms with Crippen LogP contribution in [0.25, 0.3) is 10.9 Å². The molecule has 4 nitrogen and oxygen atoms in total. The number of carbonyl (C=O) groups is 1. The van der Waals surface area contributed by atoms with Crippen LogP contribution in [0.3, 0.4) is 0 Å². The largest absolute Gasteiger partial charge is 0.351 e. The maximum atomic E-state index is 12.1. The Balaban J connectivity index is 1.77. The first-order valence-electron chi connectivity index (χ1n) is 6.49. The van der Waals surface area contributed by atoms with Gasteiger partial charge >= 0.3 is 0 Å². The molecule has 2 aromatic heterocycles. The number of aromatic nitrogens is 2. The Morgan fingerprint density at radius 1 is 1.30 bits per heavy atom. The molecule has 0 spiro atoms. The Labute approximate surface area is 116 Å². The van der Waals surface area contributed by atoms with Gasteiger partial charge in [-0.05, 0) is 36.2 Å². The molecule has 0 bridgehead atoms. The number of aromatic amines is 1. The molecule has 0 aliphatic rings. The molecule has 0 aliphatic carbocycles. The minimum atomic E-state index is -0.107. The van der Waals surface area contributed by atoms with E-state index in [2.05, 4.69) is 15.3 Å². The number of hydrogen-bond acceptors (Lipinski definition) is 2. The highest BCUT2D eigenvalue weighted by Crippen LogP contribution is 2.19. The van der Waals surface area contributed by atoms with Crippen molar-refractivity contribution in [3.05, 3.63) is 65.6 Å². The fourth-order valence-corrected chi connectivity index (χ4v) is 2.21. The number of nitrogens with zero attached hydrogens (tertiary/aromatic N) is 1. The highest BCUT2D eigenvalue weighted by atomic mass is 16.1. The molecule has 0 fully saturated rings. The van der Waals surface area contributed by atoms with Crippen molar-refractivity contribution in [3.63, 3.8) is 0 Å². The number of H-pyrrole nitrogens is 1. The van der Waals surface area contributed by atoms with Gasteiger partial charge in [0.25, 0.3) is 5.91 Å². The molecule has 0 saturated heterocycles. The number of amides is 1. The molecule has 1 aromatic carbocycles. The first-order valence-corrected chi connectivity index (χ1v) is 6.49. The predicted molar refractivity (Wildman–Crippen MR) is 78.4 cm³/mol. The summed E-state index contributed by atoms with van der Waals surface area (Å²) >= 11 is 0. The van der Waals surface area contributed by atoms with Gasteiger partial charge in [-0.2, -0.15) is 0 Å². The zero-order valence-electron chi connectivity index (χ0n) is 11.2. The number of rotatable bonds is 3. The number of aryl methyl sites for hydroxylation is 1. The van der Waals surface area contributed by atoms with Gasteiger partial charge in [0.1, 0.15) is 5.69 Å². The summed E-state index contributed by atoms with van der Waals surface area (Å²) in [5, 5.41) is 3.97. The minimum Gasteiger partial charge on any atom is -0.351 e. The lowest BCUT2D eigenvalue weighted by Crippen LogP contribution is -2.23. The Kier molecular flexibility index (Phi) is 3.21. The molecular weight excluding hydrogens is 250 g/mol. The van der Waals surface area contributed by atoms with Gasteiger partial charge in [-0.1, -0.05) is 18.2 Å². The van der Waals surface area contributed by atoms with E-state index in [9.17, 15) is 4.79 Å². The second-order valence-corrected chi connectivity index (χ2v) is 4.76. The third kappa shape index (κ3) is 2.40. The maximum Gasteiger partial charge on any atom is 0.267 e. The van der Waals surface area contributed by atoms with E-state index in [1.54, 1.807) is 12.4 Å². The van der Waals surface area contributed by atoms with Crippen LogP contribution in [0.2, 0.25) is 0 Å². The number of carbonyl (C=O) groups excluding carboxylic acids is 1. The fraction of sp³-hybridized carbons (Fsp3) is 0.125. The molecule has 3 aromatic rings. The SMILES string of the molecule is Cc1cccc2[nH]c(C(=O)NCc3cccnc3)cc12. The summed E-state index contributed by atoms with van der Waals surface area (Å²) in [5.74, 6) is -0.107. The van der Waals surface area contributed by atoms with Crippen molar-refractivity contribution in [2.75, 3.05) is 0 Å². The van der Waals surface area contributed by atoms with Gasteiger partial charge in [0.2, 0.25) is 0 Å². The van der Waals surface area contributed by atoms with Gasteiger partial charge in [-0.15, -0.1) is 0 Å². The summed E-state index contributed by atoms with van der Waals surface area (Å²) in [6, 6.07) is 11.7. The lowest BCUT2D eigenvalue weighted by Gasteiger charge is -2.02. The van der Waals surface area contributed by atoms with Crippen molar-refractivity contribution in [2.24, 2.45) is 0 Å². The number of benzene rings is 1. The molecule has 3 rings (SSSR count). The molecule has 0 aliphatic heterocycles. The molecule has 1 amide bonds. The monoisotopic (exact) mass is 265 g/mol. The van der Waals surface area contributed by atoms with Gasteiger partial charge in [0.05, 0.1) is 0 Å². The first-order chi connectivity index (χ1) is 9.74. The van der Waals surface area contributed by atoms with Crippen molar-refractivity contribution < 1.29 is 4.79 Å². The molecular formula is C16H15N3O. The van der Waals surface area contributed by atoms with Crippen molar-refractivity contribution in [1.29, 1.82) is 0 Å². The van der Waals surface area contributed by atoms with Crippen LogP contribution in [-0.2, 0) is 6.54 Å². The molecule has 2 heterocycles. The summed E-state index contributed by atoms with van der Waals surface area (Å²) in [7, 11) is 0. The summed E-state index contributed by atoms with van der Waals surface area (Å²) in [6.07, 6.45) is 3.46. The van der Waals surface area contributed by atoms with E-state index in [1.807, 2.05) is 43.3 Å². The van der Waals surface area contributed by atoms with E-state index in [1.165, 1.54) is 0 Å². The number of nitrogens with one attached hydrogen (secondary N) is 2. The Hall–Kier alpha value is -2.62. The first kappa shape index (κ1) is 12.4. The molecule has 0 saturated carbocycles. The van der Waals surface area contributed by atoms with Gasteiger partial charge in [-0.25, -0.2) is 0 Å². The Morgan fingerprint density at radius 3 is 2.95 bits per heavy atom. The fourth-order valence-electron chi connectivity index (χ4n) is 2.21.